The van der Waals surface area contributed by atoms with Gasteiger partial charge >= 0.3 is 0 Å². The number of aromatic amines is 1. The number of H-pyrrole nitrogens is 1. The lowest BCUT2D eigenvalue weighted by molar-refractivity contribution is -0.0290. The fourth-order valence-electron chi connectivity index (χ4n) is 3.66. The predicted molar refractivity (Wildman–Crippen MR) is 108 cm³/mol. The highest BCUT2D eigenvalue weighted by atomic mass is 35.5. The number of hydrogen-bond donors (Lipinski definition) is 1. The van der Waals surface area contributed by atoms with Crippen LogP contribution in [0.5, 0.6) is 0 Å². The molecule has 1 aromatic carbocycles. The number of methoxy groups -OCH3 is 1. The molecule has 1 aliphatic heterocycles. The Balaban J connectivity index is 1.43. The van der Waals surface area contributed by atoms with E-state index in [1.54, 1.807) is 7.11 Å². The summed E-state index contributed by atoms with van der Waals surface area (Å²) in [6.45, 7) is 3.56. The second-order valence-electron chi connectivity index (χ2n) is 7.16. The molecule has 1 saturated heterocycles. The lowest BCUT2D eigenvalue weighted by Crippen LogP contribution is -2.47. The van der Waals surface area contributed by atoms with Gasteiger partial charge < -0.3 is 9.64 Å². The highest BCUT2D eigenvalue weighted by Gasteiger charge is 2.35. The first-order chi connectivity index (χ1) is 13.6. The fourth-order valence-corrected chi connectivity index (χ4v) is 3.86. The highest BCUT2D eigenvalue weighted by Crippen LogP contribution is 2.33. The van der Waals surface area contributed by atoms with E-state index in [0.717, 1.165) is 54.6 Å². The van der Waals surface area contributed by atoms with Gasteiger partial charge in [-0.1, -0.05) is 29.8 Å². The van der Waals surface area contributed by atoms with Crippen molar-refractivity contribution in [3.8, 4) is 11.5 Å². The van der Waals surface area contributed by atoms with Crippen molar-refractivity contribution in [1.29, 1.82) is 0 Å². The summed E-state index contributed by atoms with van der Waals surface area (Å²) in [6.07, 6.45) is 2.61. The molecule has 0 aliphatic carbocycles. The van der Waals surface area contributed by atoms with Gasteiger partial charge in [0, 0.05) is 31.6 Å². The molecule has 8 heteroatoms. The van der Waals surface area contributed by atoms with Gasteiger partial charge in [0.1, 0.15) is 11.5 Å². The number of nitrogens with one attached hydrogen (secondary N) is 1. The van der Waals surface area contributed by atoms with E-state index in [2.05, 4.69) is 36.3 Å². The Morgan fingerprint density at radius 3 is 2.54 bits per heavy atom. The van der Waals surface area contributed by atoms with Crippen LogP contribution in [0, 0.1) is 6.92 Å². The van der Waals surface area contributed by atoms with E-state index in [4.69, 9.17) is 16.3 Å². The van der Waals surface area contributed by atoms with Crippen LogP contribution in [0.1, 0.15) is 24.2 Å². The van der Waals surface area contributed by atoms with Crippen molar-refractivity contribution in [1.82, 2.24) is 25.4 Å². The Kier molecular flexibility index (Phi) is 5.28. The second-order valence-corrected chi connectivity index (χ2v) is 7.57. The lowest BCUT2D eigenvalue weighted by Gasteiger charge is -2.41. The van der Waals surface area contributed by atoms with E-state index in [1.807, 2.05) is 37.3 Å². The predicted octanol–water partition coefficient (Wildman–Crippen LogP) is 3.45. The summed E-state index contributed by atoms with van der Waals surface area (Å²) in [6, 6.07) is 11.9. The van der Waals surface area contributed by atoms with Gasteiger partial charge in [-0.05, 0) is 43.5 Å². The number of aromatic nitrogens is 5. The molecule has 0 amide bonds. The fraction of sp³-hybridized carbons (Fsp3) is 0.400. The first kappa shape index (κ1) is 18.8. The molecule has 3 heterocycles. The highest BCUT2D eigenvalue weighted by molar-refractivity contribution is 6.31. The number of hydrogen-bond acceptors (Lipinski definition) is 6. The van der Waals surface area contributed by atoms with Crippen molar-refractivity contribution in [3.63, 3.8) is 0 Å². The van der Waals surface area contributed by atoms with Crippen molar-refractivity contribution in [2.75, 3.05) is 25.1 Å². The van der Waals surface area contributed by atoms with Gasteiger partial charge in [0.2, 0.25) is 5.82 Å². The van der Waals surface area contributed by atoms with Crippen LogP contribution in [-0.2, 0) is 11.2 Å². The minimum Gasteiger partial charge on any atom is -0.378 e. The molecule has 0 radical (unpaired) electrons. The zero-order valence-electron chi connectivity index (χ0n) is 16.0. The molecule has 3 aromatic rings. The molecule has 0 atom stereocenters. The number of anilines is 1. The first-order valence-electron chi connectivity index (χ1n) is 9.35. The van der Waals surface area contributed by atoms with Gasteiger partial charge in [-0.3, -0.25) is 5.10 Å². The summed E-state index contributed by atoms with van der Waals surface area (Å²) in [4.78, 5) is 6.53. The summed E-state index contributed by atoms with van der Waals surface area (Å²) in [5.74, 6) is 2.18. The van der Waals surface area contributed by atoms with Crippen LogP contribution >= 0.6 is 11.6 Å². The molecule has 0 unspecified atom stereocenters. The quantitative estimate of drug-likeness (QED) is 0.709. The van der Waals surface area contributed by atoms with Crippen LogP contribution in [0.2, 0.25) is 5.02 Å². The first-order valence-corrected chi connectivity index (χ1v) is 9.73. The van der Waals surface area contributed by atoms with Gasteiger partial charge in [0.15, 0.2) is 5.82 Å². The van der Waals surface area contributed by atoms with Crippen molar-refractivity contribution in [2.24, 2.45) is 0 Å². The number of piperidine rings is 1. The normalized spacial score (nSPS) is 16.3. The molecule has 7 nitrogen and oxygen atoms in total. The van der Waals surface area contributed by atoms with Gasteiger partial charge in [-0.25, -0.2) is 4.98 Å². The van der Waals surface area contributed by atoms with Crippen LogP contribution in [0.4, 0.5) is 5.82 Å². The Bertz CT molecular complexity index is 934. The third-order valence-corrected chi connectivity index (χ3v) is 5.75. The molecule has 28 heavy (non-hydrogen) atoms. The Labute approximate surface area is 169 Å². The summed E-state index contributed by atoms with van der Waals surface area (Å²) in [7, 11) is 1.79. The van der Waals surface area contributed by atoms with E-state index in [-0.39, 0.29) is 5.60 Å². The van der Waals surface area contributed by atoms with E-state index < -0.39 is 0 Å². The third-order valence-electron chi connectivity index (χ3n) is 5.38. The summed E-state index contributed by atoms with van der Waals surface area (Å²) in [5.41, 5.74) is 1.59. The molecule has 1 N–H and O–H groups in total. The van der Waals surface area contributed by atoms with E-state index in [9.17, 15) is 0 Å². The molecule has 0 bridgehead atoms. The number of nitrogens with zero attached hydrogens (tertiary/aromatic N) is 5. The number of ether oxygens (including phenoxy) is 1. The second kappa shape index (κ2) is 7.85. The van der Waals surface area contributed by atoms with Crippen LogP contribution in [0.3, 0.4) is 0 Å². The maximum absolute atomic E-state index is 6.36. The van der Waals surface area contributed by atoms with Gasteiger partial charge in [0.05, 0.1) is 5.60 Å². The summed E-state index contributed by atoms with van der Waals surface area (Å²) in [5, 5.41) is 16.4. The average molecular weight is 399 g/mol. The minimum atomic E-state index is -0.203. The SMILES string of the molecule is COC1(Cc2ccccc2Cl)CCN(c2ccc(-c3n[nH]c(C)n3)nn2)CC1. The van der Waals surface area contributed by atoms with Gasteiger partial charge in [0.25, 0.3) is 0 Å². The van der Waals surface area contributed by atoms with E-state index >= 15 is 0 Å². The van der Waals surface area contributed by atoms with Gasteiger partial charge in [-0.2, -0.15) is 5.10 Å². The molecule has 1 fully saturated rings. The Morgan fingerprint density at radius 2 is 1.93 bits per heavy atom. The molecule has 1 aliphatic rings. The number of rotatable bonds is 5. The van der Waals surface area contributed by atoms with E-state index in [0.29, 0.717) is 11.5 Å². The standard InChI is InChI=1S/C20H23ClN6O/c1-14-22-19(26-23-14)17-7-8-18(25-24-17)27-11-9-20(28-2,10-12-27)13-15-5-3-4-6-16(15)21/h3-8H,9-13H2,1-2H3,(H,22,23,26). The molecular weight excluding hydrogens is 376 g/mol. The van der Waals surface area contributed by atoms with Crippen molar-refractivity contribution >= 4 is 17.4 Å². The molecular formula is C20H23ClN6O. The maximum Gasteiger partial charge on any atom is 0.201 e. The summed E-state index contributed by atoms with van der Waals surface area (Å²) < 4.78 is 5.96. The van der Waals surface area contributed by atoms with Crippen molar-refractivity contribution in [2.45, 2.75) is 31.8 Å². The zero-order chi connectivity index (χ0) is 19.6. The monoisotopic (exact) mass is 398 g/mol. The van der Waals surface area contributed by atoms with Crippen LogP contribution in [0.15, 0.2) is 36.4 Å². The van der Waals surface area contributed by atoms with Crippen molar-refractivity contribution < 1.29 is 4.74 Å². The zero-order valence-corrected chi connectivity index (χ0v) is 16.8. The largest absolute Gasteiger partial charge is 0.378 e. The van der Waals surface area contributed by atoms with Gasteiger partial charge in [-0.15, -0.1) is 10.2 Å². The molecule has 2 aromatic heterocycles. The minimum absolute atomic E-state index is 0.203. The number of aryl methyl sites for hydroxylation is 1. The Hall–Kier alpha value is -2.51. The van der Waals surface area contributed by atoms with Crippen molar-refractivity contribution in [3.05, 3.63) is 52.8 Å². The topological polar surface area (TPSA) is 79.8 Å². The molecule has 146 valence electrons. The van der Waals surface area contributed by atoms with Crippen LogP contribution in [-0.4, -0.2) is 51.2 Å². The van der Waals surface area contributed by atoms with Crippen LogP contribution < -0.4 is 4.90 Å². The molecule has 0 saturated carbocycles. The number of halogens is 1. The number of benzene rings is 1. The summed E-state index contributed by atoms with van der Waals surface area (Å²) >= 11 is 6.36. The van der Waals surface area contributed by atoms with E-state index in [1.165, 1.54) is 0 Å². The molecule has 4 rings (SSSR count). The Morgan fingerprint density at radius 1 is 1.14 bits per heavy atom. The smallest absolute Gasteiger partial charge is 0.201 e. The third kappa shape index (κ3) is 3.86. The molecule has 0 spiro atoms. The van der Waals surface area contributed by atoms with Crippen LogP contribution in [0.25, 0.3) is 11.5 Å². The lowest BCUT2D eigenvalue weighted by atomic mass is 9.85. The average Bonchev–Trinajstić information content (AvgIpc) is 3.17. The maximum atomic E-state index is 6.36.